The van der Waals surface area contributed by atoms with Crippen LogP contribution in [-0.4, -0.2) is 24.3 Å². The fourth-order valence-corrected chi connectivity index (χ4v) is 1.92. The predicted molar refractivity (Wildman–Crippen MR) is 68.6 cm³/mol. The van der Waals surface area contributed by atoms with E-state index in [-0.39, 0.29) is 12.6 Å². The van der Waals surface area contributed by atoms with Gasteiger partial charge < -0.3 is 10.4 Å². The highest BCUT2D eigenvalue weighted by molar-refractivity contribution is 5.18. The number of benzene rings is 1. The van der Waals surface area contributed by atoms with Gasteiger partial charge in [-0.3, -0.25) is 0 Å². The molecule has 0 aliphatic rings. The lowest BCUT2D eigenvalue weighted by Crippen LogP contribution is -2.34. The molecule has 0 aliphatic heterocycles. The lowest BCUT2D eigenvalue weighted by molar-refractivity contribution is 0.231. The molecule has 2 atom stereocenters. The molecule has 16 heavy (non-hydrogen) atoms. The van der Waals surface area contributed by atoms with Crippen LogP contribution in [-0.2, 0) is 0 Å². The van der Waals surface area contributed by atoms with Crippen molar-refractivity contribution in [3.63, 3.8) is 0 Å². The van der Waals surface area contributed by atoms with Gasteiger partial charge in [-0.2, -0.15) is 0 Å². The van der Waals surface area contributed by atoms with Crippen molar-refractivity contribution in [2.24, 2.45) is 0 Å². The minimum atomic E-state index is 0.218. The van der Waals surface area contributed by atoms with E-state index in [1.807, 2.05) is 6.07 Å². The van der Waals surface area contributed by atoms with Crippen molar-refractivity contribution in [1.29, 1.82) is 0 Å². The second-order valence-electron chi connectivity index (χ2n) is 4.38. The maximum absolute atomic E-state index is 9.29. The molecule has 0 bridgehead atoms. The topological polar surface area (TPSA) is 32.3 Å². The van der Waals surface area contributed by atoms with Crippen LogP contribution in [0.15, 0.2) is 30.3 Å². The van der Waals surface area contributed by atoms with E-state index in [9.17, 15) is 5.11 Å². The summed E-state index contributed by atoms with van der Waals surface area (Å²) in [7, 11) is 0. The lowest BCUT2D eigenvalue weighted by Gasteiger charge is -2.20. The highest BCUT2D eigenvalue weighted by atomic mass is 16.3. The SMILES string of the molecule is CCCNC(CO)CC(C)c1ccccc1. The summed E-state index contributed by atoms with van der Waals surface area (Å²) in [6.07, 6.45) is 2.09. The number of hydrogen-bond acceptors (Lipinski definition) is 2. The maximum Gasteiger partial charge on any atom is 0.0584 e. The molecule has 0 aromatic heterocycles. The average molecular weight is 221 g/mol. The van der Waals surface area contributed by atoms with Gasteiger partial charge in [0.2, 0.25) is 0 Å². The standard InChI is InChI=1S/C14H23NO/c1-3-9-15-14(11-16)10-12(2)13-7-5-4-6-8-13/h4-8,12,14-16H,3,9-11H2,1-2H3. The van der Waals surface area contributed by atoms with Gasteiger partial charge in [0.05, 0.1) is 6.61 Å². The predicted octanol–water partition coefficient (Wildman–Crippen LogP) is 2.54. The zero-order valence-corrected chi connectivity index (χ0v) is 10.3. The molecule has 0 fully saturated rings. The Morgan fingerprint density at radius 3 is 2.50 bits per heavy atom. The van der Waals surface area contributed by atoms with E-state index in [1.165, 1.54) is 5.56 Å². The summed E-state index contributed by atoms with van der Waals surface area (Å²) in [5.41, 5.74) is 1.35. The molecule has 0 spiro atoms. The molecule has 0 radical (unpaired) electrons. The van der Waals surface area contributed by atoms with Crippen LogP contribution in [0.5, 0.6) is 0 Å². The zero-order chi connectivity index (χ0) is 11.8. The molecule has 2 heteroatoms. The second-order valence-corrected chi connectivity index (χ2v) is 4.38. The Bertz CT molecular complexity index is 273. The Morgan fingerprint density at radius 2 is 1.94 bits per heavy atom. The molecule has 0 aliphatic carbocycles. The monoisotopic (exact) mass is 221 g/mol. The van der Waals surface area contributed by atoms with Crippen LogP contribution in [0.4, 0.5) is 0 Å². The van der Waals surface area contributed by atoms with Crippen molar-refractivity contribution >= 4 is 0 Å². The zero-order valence-electron chi connectivity index (χ0n) is 10.3. The smallest absolute Gasteiger partial charge is 0.0584 e. The summed E-state index contributed by atoms with van der Waals surface area (Å²) in [4.78, 5) is 0. The first kappa shape index (κ1) is 13.2. The highest BCUT2D eigenvalue weighted by Gasteiger charge is 2.12. The fraction of sp³-hybridized carbons (Fsp3) is 0.571. The van der Waals surface area contributed by atoms with E-state index in [0.29, 0.717) is 5.92 Å². The molecule has 0 amide bonds. The van der Waals surface area contributed by atoms with Crippen molar-refractivity contribution in [3.8, 4) is 0 Å². The van der Waals surface area contributed by atoms with Gasteiger partial charge in [-0.25, -0.2) is 0 Å². The van der Waals surface area contributed by atoms with Crippen LogP contribution >= 0.6 is 0 Å². The largest absolute Gasteiger partial charge is 0.395 e. The lowest BCUT2D eigenvalue weighted by atomic mass is 9.94. The summed E-state index contributed by atoms with van der Waals surface area (Å²) in [5, 5.41) is 12.7. The summed E-state index contributed by atoms with van der Waals surface area (Å²) in [5.74, 6) is 0.489. The summed E-state index contributed by atoms with van der Waals surface area (Å²) in [6.45, 7) is 5.55. The fourth-order valence-electron chi connectivity index (χ4n) is 1.92. The minimum absolute atomic E-state index is 0.218. The number of nitrogens with one attached hydrogen (secondary N) is 1. The van der Waals surface area contributed by atoms with Crippen LogP contribution in [0.1, 0.15) is 38.2 Å². The third-order valence-electron chi connectivity index (χ3n) is 2.91. The van der Waals surface area contributed by atoms with Gasteiger partial charge in [-0.1, -0.05) is 44.2 Å². The van der Waals surface area contributed by atoms with E-state index in [1.54, 1.807) is 0 Å². The van der Waals surface area contributed by atoms with Crippen molar-refractivity contribution in [2.75, 3.05) is 13.2 Å². The molecular weight excluding hydrogens is 198 g/mol. The van der Waals surface area contributed by atoms with Gasteiger partial charge in [0.25, 0.3) is 0 Å². The quantitative estimate of drug-likeness (QED) is 0.741. The first-order valence-corrected chi connectivity index (χ1v) is 6.17. The summed E-state index contributed by atoms with van der Waals surface area (Å²) in [6, 6.07) is 10.7. The van der Waals surface area contributed by atoms with Gasteiger partial charge in [0.15, 0.2) is 0 Å². The van der Waals surface area contributed by atoms with Crippen LogP contribution in [0.3, 0.4) is 0 Å². The summed E-state index contributed by atoms with van der Waals surface area (Å²) >= 11 is 0. The molecule has 2 nitrogen and oxygen atoms in total. The molecule has 2 unspecified atom stereocenters. The molecule has 0 heterocycles. The molecule has 1 aromatic carbocycles. The summed E-state index contributed by atoms with van der Waals surface area (Å²) < 4.78 is 0. The molecule has 2 N–H and O–H groups in total. The highest BCUT2D eigenvalue weighted by Crippen LogP contribution is 2.19. The van der Waals surface area contributed by atoms with E-state index >= 15 is 0 Å². The Balaban J connectivity index is 2.45. The van der Waals surface area contributed by atoms with E-state index in [2.05, 4.69) is 43.4 Å². The van der Waals surface area contributed by atoms with E-state index in [0.717, 1.165) is 19.4 Å². The third-order valence-corrected chi connectivity index (χ3v) is 2.91. The van der Waals surface area contributed by atoms with Crippen molar-refractivity contribution in [3.05, 3.63) is 35.9 Å². The van der Waals surface area contributed by atoms with Gasteiger partial charge in [-0.05, 0) is 30.9 Å². The van der Waals surface area contributed by atoms with Crippen molar-refractivity contribution < 1.29 is 5.11 Å². The molecule has 0 saturated heterocycles. The molecule has 0 saturated carbocycles. The van der Waals surface area contributed by atoms with Crippen molar-refractivity contribution in [1.82, 2.24) is 5.32 Å². The van der Waals surface area contributed by atoms with Crippen LogP contribution in [0.2, 0.25) is 0 Å². The van der Waals surface area contributed by atoms with Crippen LogP contribution in [0, 0.1) is 0 Å². The number of aliphatic hydroxyl groups is 1. The van der Waals surface area contributed by atoms with Gasteiger partial charge in [0, 0.05) is 6.04 Å². The van der Waals surface area contributed by atoms with Crippen LogP contribution < -0.4 is 5.32 Å². The minimum Gasteiger partial charge on any atom is -0.395 e. The third kappa shape index (κ3) is 4.33. The van der Waals surface area contributed by atoms with Gasteiger partial charge >= 0.3 is 0 Å². The second kappa shape index (κ2) is 7.42. The Morgan fingerprint density at radius 1 is 1.25 bits per heavy atom. The van der Waals surface area contributed by atoms with Gasteiger partial charge in [0.1, 0.15) is 0 Å². The molecule has 90 valence electrons. The maximum atomic E-state index is 9.29. The molecule has 1 aromatic rings. The Hall–Kier alpha value is -0.860. The van der Waals surface area contributed by atoms with Crippen LogP contribution in [0.25, 0.3) is 0 Å². The van der Waals surface area contributed by atoms with E-state index in [4.69, 9.17) is 0 Å². The Labute approximate surface area is 98.7 Å². The van der Waals surface area contributed by atoms with E-state index < -0.39 is 0 Å². The molecule has 1 rings (SSSR count). The number of rotatable bonds is 7. The number of aliphatic hydroxyl groups excluding tert-OH is 1. The number of hydrogen-bond donors (Lipinski definition) is 2. The first-order valence-electron chi connectivity index (χ1n) is 6.17. The van der Waals surface area contributed by atoms with Gasteiger partial charge in [-0.15, -0.1) is 0 Å². The normalized spacial score (nSPS) is 14.7. The molecular formula is C14H23NO. The first-order chi connectivity index (χ1) is 7.77. The van der Waals surface area contributed by atoms with Crippen molar-refractivity contribution in [2.45, 2.75) is 38.6 Å². The Kier molecular flexibility index (Phi) is 6.12. The average Bonchev–Trinajstić information content (AvgIpc) is 2.35.